The van der Waals surface area contributed by atoms with Crippen molar-refractivity contribution in [2.75, 3.05) is 38.0 Å². The zero-order valence-electron chi connectivity index (χ0n) is 15.9. The van der Waals surface area contributed by atoms with Gasteiger partial charge in [0.15, 0.2) is 0 Å². The molecule has 0 aromatic heterocycles. The average molecular weight is 345 g/mol. The molecule has 1 aliphatic rings. The molecule has 0 bridgehead atoms. The third-order valence-electron chi connectivity index (χ3n) is 4.78. The van der Waals surface area contributed by atoms with E-state index in [0.717, 1.165) is 18.8 Å². The predicted molar refractivity (Wildman–Crippen MR) is 102 cm³/mol. The van der Waals surface area contributed by atoms with E-state index in [1.54, 1.807) is 29.2 Å². The molecule has 1 aliphatic heterocycles. The lowest BCUT2D eigenvalue weighted by molar-refractivity contribution is -0.117. The Labute approximate surface area is 151 Å². The second-order valence-electron chi connectivity index (χ2n) is 7.24. The molecule has 25 heavy (non-hydrogen) atoms. The third kappa shape index (κ3) is 5.56. The first-order valence-corrected chi connectivity index (χ1v) is 9.34. The second kappa shape index (κ2) is 8.99. The molecule has 0 aliphatic carbocycles. The van der Waals surface area contributed by atoms with Crippen molar-refractivity contribution in [3.63, 3.8) is 0 Å². The van der Waals surface area contributed by atoms with Gasteiger partial charge in [-0.05, 0) is 56.4 Å². The Morgan fingerprint density at radius 1 is 1.08 bits per heavy atom. The standard InChI is InChI=1S/C20H31N3O2/c1-5-23(6-2)20(25)17-7-9-18(10-8-17)21-19(24)14-22-12-15(3)11-16(4)13-22/h7-10,15-16H,5-6,11-14H2,1-4H3,(H,21,24)/t15-,16+. The van der Waals surface area contributed by atoms with Crippen LogP contribution in [-0.4, -0.2) is 54.3 Å². The fourth-order valence-corrected chi connectivity index (χ4v) is 3.71. The number of carbonyl (C=O) groups is 2. The van der Waals surface area contributed by atoms with E-state index in [4.69, 9.17) is 0 Å². The van der Waals surface area contributed by atoms with E-state index >= 15 is 0 Å². The summed E-state index contributed by atoms with van der Waals surface area (Å²) in [6.45, 7) is 12.2. The number of benzene rings is 1. The number of nitrogens with zero attached hydrogens (tertiary/aromatic N) is 2. The minimum Gasteiger partial charge on any atom is -0.339 e. The number of nitrogens with one attached hydrogen (secondary N) is 1. The topological polar surface area (TPSA) is 52.7 Å². The van der Waals surface area contributed by atoms with Gasteiger partial charge in [0.25, 0.3) is 5.91 Å². The quantitative estimate of drug-likeness (QED) is 0.862. The van der Waals surface area contributed by atoms with E-state index in [1.165, 1.54) is 6.42 Å². The van der Waals surface area contributed by atoms with E-state index in [-0.39, 0.29) is 11.8 Å². The third-order valence-corrected chi connectivity index (χ3v) is 4.78. The fraction of sp³-hybridized carbons (Fsp3) is 0.600. The Morgan fingerprint density at radius 3 is 2.16 bits per heavy atom. The highest BCUT2D eigenvalue weighted by molar-refractivity contribution is 5.96. The van der Waals surface area contributed by atoms with Crippen LogP contribution in [0.4, 0.5) is 5.69 Å². The van der Waals surface area contributed by atoms with Crippen LogP contribution < -0.4 is 5.32 Å². The van der Waals surface area contributed by atoms with Gasteiger partial charge >= 0.3 is 0 Å². The lowest BCUT2D eigenvalue weighted by atomic mass is 9.92. The van der Waals surface area contributed by atoms with Crippen LogP contribution in [-0.2, 0) is 4.79 Å². The number of likely N-dealkylation sites (tertiary alicyclic amines) is 1. The maximum Gasteiger partial charge on any atom is 0.253 e. The summed E-state index contributed by atoms with van der Waals surface area (Å²) < 4.78 is 0. The van der Waals surface area contributed by atoms with Crippen molar-refractivity contribution < 1.29 is 9.59 Å². The fourth-order valence-electron chi connectivity index (χ4n) is 3.71. The maximum absolute atomic E-state index is 12.3. The van der Waals surface area contributed by atoms with Crippen molar-refractivity contribution in [1.82, 2.24) is 9.80 Å². The van der Waals surface area contributed by atoms with Gasteiger partial charge in [0.1, 0.15) is 0 Å². The molecule has 0 spiro atoms. The number of piperidine rings is 1. The van der Waals surface area contributed by atoms with Crippen LogP contribution in [0.15, 0.2) is 24.3 Å². The molecule has 1 N–H and O–H groups in total. The summed E-state index contributed by atoms with van der Waals surface area (Å²) in [5.74, 6) is 1.31. The molecule has 1 fully saturated rings. The minimum atomic E-state index is 0.00381. The molecule has 138 valence electrons. The van der Waals surface area contributed by atoms with Crippen molar-refractivity contribution in [2.24, 2.45) is 11.8 Å². The first-order chi connectivity index (χ1) is 11.9. The summed E-state index contributed by atoms with van der Waals surface area (Å²) in [4.78, 5) is 28.6. The molecule has 2 atom stereocenters. The SMILES string of the molecule is CCN(CC)C(=O)c1ccc(NC(=O)CN2C[C@H](C)C[C@H](C)C2)cc1. The van der Waals surface area contributed by atoms with Crippen LogP contribution in [0.3, 0.4) is 0 Å². The highest BCUT2D eigenvalue weighted by Crippen LogP contribution is 2.20. The number of hydrogen-bond donors (Lipinski definition) is 1. The molecule has 2 rings (SSSR count). The van der Waals surface area contributed by atoms with Crippen molar-refractivity contribution in [3.05, 3.63) is 29.8 Å². The molecular weight excluding hydrogens is 314 g/mol. The Balaban J connectivity index is 1.90. The van der Waals surface area contributed by atoms with Gasteiger partial charge in [0.05, 0.1) is 6.54 Å². The highest BCUT2D eigenvalue weighted by atomic mass is 16.2. The largest absolute Gasteiger partial charge is 0.339 e. The first kappa shape index (κ1) is 19.4. The monoisotopic (exact) mass is 345 g/mol. The van der Waals surface area contributed by atoms with Gasteiger partial charge in [-0.1, -0.05) is 13.8 Å². The van der Waals surface area contributed by atoms with Gasteiger partial charge < -0.3 is 10.2 Å². The normalized spacial score (nSPS) is 21.0. The lowest BCUT2D eigenvalue weighted by Gasteiger charge is -2.34. The van der Waals surface area contributed by atoms with Gasteiger partial charge in [-0.2, -0.15) is 0 Å². The van der Waals surface area contributed by atoms with E-state index < -0.39 is 0 Å². The number of carbonyl (C=O) groups excluding carboxylic acids is 2. The van der Waals surface area contributed by atoms with Gasteiger partial charge in [-0.3, -0.25) is 14.5 Å². The van der Waals surface area contributed by atoms with Crippen LogP contribution in [0, 0.1) is 11.8 Å². The van der Waals surface area contributed by atoms with E-state index in [1.807, 2.05) is 13.8 Å². The molecule has 1 aromatic carbocycles. The number of amides is 2. The second-order valence-corrected chi connectivity index (χ2v) is 7.24. The molecule has 5 heteroatoms. The summed E-state index contributed by atoms with van der Waals surface area (Å²) >= 11 is 0. The van der Waals surface area contributed by atoms with Crippen LogP contribution >= 0.6 is 0 Å². The zero-order valence-corrected chi connectivity index (χ0v) is 15.9. The number of rotatable bonds is 6. The zero-order chi connectivity index (χ0) is 18.4. The van der Waals surface area contributed by atoms with Crippen molar-refractivity contribution in [2.45, 2.75) is 34.1 Å². The minimum absolute atomic E-state index is 0.00381. The molecule has 0 unspecified atom stereocenters. The van der Waals surface area contributed by atoms with Crippen LogP contribution in [0.5, 0.6) is 0 Å². The Morgan fingerprint density at radius 2 is 1.64 bits per heavy atom. The first-order valence-electron chi connectivity index (χ1n) is 9.34. The van der Waals surface area contributed by atoms with Crippen LogP contribution in [0.25, 0.3) is 0 Å². The van der Waals surface area contributed by atoms with Gasteiger partial charge in [-0.25, -0.2) is 0 Å². The smallest absolute Gasteiger partial charge is 0.253 e. The van der Waals surface area contributed by atoms with Crippen LogP contribution in [0.1, 0.15) is 44.5 Å². The molecule has 1 heterocycles. The van der Waals surface area contributed by atoms with E-state index in [2.05, 4.69) is 24.1 Å². The summed E-state index contributed by atoms with van der Waals surface area (Å²) in [5.41, 5.74) is 1.39. The Hall–Kier alpha value is -1.88. The summed E-state index contributed by atoms with van der Waals surface area (Å²) in [6.07, 6.45) is 1.24. The lowest BCUT2D eigenvalue weighted by Crippen LogP contribution is -2.42. The molecule has 0 saturated carbocycles. The maximum atomic E-state index is 12.3. The van der Waals surface area contributed by atoms with Gasteiger partial charge in [0, 0.05) is 37.4 Å². The molecule has 0 radical (unpaired) electrons. The number of hydrogen-bond acceptors (Lipinski definition) is 3. The van der Waals surface area contributed by atoms with Crippen molar-refractivity contribution in [3.8, 4) is 0 Å². The molecule has 1 saturated heterocycles. The van der Waals surface area contributed by atoms with Gasteiger partial charge in [-0.15, -0.1) is 0 Å². The Bertz CT molecular complexity index is 571. The predicted octanol–water partition coefficient (Wildman–Crippen LogP) is 3.09. The summed E-state index contributed by atoms with van der Waals surface area (Å²) in [7, 11) is 0. The van der Waals surface area contributed by atoms with E-state index in [9.17, 15) is 9.59 Å². The Kier molecular flexibility index (Phi) is 7.00. The summed E-state index contributed by atoms with van der Waals surface area (Å²) in [5, 5.41) is 2.94. The molecule has 2 amide bonds. The molecule has 5 nitrogen and oxygen atoms in total. The van der Waals surface area contributed by atoms with E-state index in [0.29, 0.717) is 37.0 Å². The van der Waals surface area contributed by atoms with Crippen LogP contribution in [0.2, 0.25) is 0 Å². The average Bonchev–Trinajstić information content (AvgIpc) is 2.55. The van der Waals surface area contributed by atoms with Crippen molar-refractivity contribution in [1.29, 1.82) is 0 Å². The number of anilines is 1. The van der Waals surface area contributed by atoms with Crippen molar-refractivity contribution >= 4 is 17.5 Å². The van der Waals surface area contributed by atoms with Gasteiger partial charge in [0.2, 0.25) is 5.91 Å². The highest BCUT2D eigenvalue weighted by Gasteiger charge is 2.23. The molecule has 1 aromatic rings. The summed E-state index contributed by atoms with van der Waals surface area (Å²) in [6, 6.07) is 7.16. The molecular formula is C20H31N3O2.